The normalized spacial score (nSPS) is 8.67. The van der Waals surface area contributed by atoms with Crippen molar-refractivity contribution in [1.82, 2.24) is 0 Å². The third kappa shape index (κ3) is 31.1. The SMILES string of the molecule is C=C(C)CC.C=CC.CC.CC.CC/C(C)=C/c1cc(C)cc(C)c1C.CCCC. The van der Waals surface area contributed by atoms with Gasteiger partial charge in [-0.2, -0.15) is 0 Å². The summed E-state index contributed by atoms with van der Waals surface area (Å²) in [6.07, 6.45) is 8.93. The number of hydrogen-bond donors (Lipinski definition) is 0. The van der Waals surface area contributed by atoms with Gasteiger partial charge in [0.05, 0.1) is 0 Å². The number of allylic oxidation sites excluding steroid dienone is 3. The molecule has 0 unspecified atom stereocenters. The molecule has 1 aromatic rings. The number of hydrogen-bond acceptors (Lipinski definition) is 0. The van der Waals surface area contributed by atoms with Crippen LogP contribution in [-0.2, 0) is 0 Å². The highest BCUT2D eigenvalue weighted by Gasteiger charge is 2.00. The molecule has 0 radical (unpaired) electrons. The second-order valence-corrected chi connectivity index (χ2v) is 6.86. The van der Waals surface area contributed by atoms with Gasteiger partial charge in [-0.05, 0) is 71.1 Å². The highest BCUT2D eigenvalue weighted by Crippen LogP contribution is 2.19. The van der Waals surface area contributed by atoms with E-state index in [1.807, 2.05) is 41.5 Å². The van der Waals surface area contributed by atoms with Crippen LogP contribution in [0.2, 0.25) is 0 Å². The maximum absolute atomic E-state index is 3.67. The number of benzene rings is 1. The van der Waals surface area contributed by atoms with Crippen molar-refractivity contribution in [3.63, 3.8) is 0 Å². The predicted octanol–water partition coefficient (Wildman–Crippen LogP) is 11.4. The third-order valence-electron chi connectivity index (χ3n) is 3.92. The lowest BCUT2D eigenvalue weighted by molar-refractivity contribution is 0.886. The minimum absolute atomic E-state index is 1.11. The van der Waals surface area contributed by atoms with Gasteiger partial charge in [0, 0.05) is 0 Å². The van der Waals surface area contributed by atoms with Crippen LogP contribution in [-0.4, -0.2) is 0 Å². The van der Waals surface area contributed by atoms with Crippen molar-refractivity contribution in [2.75, 3.05) is 0 Å². The van der Waals surface area contributed by atoms with Gasteiger partial charge in [0.1, 0.15) is 0 Å². The number of aryl methyl sites for hydroxylation is 2. The van der Waals surface area contributed by atoms with Crippen LogP contribution < -0.4 is 0 Å². The summed E-state index contributed by atoms with van der Waals surface area (Å²) in [7, 11) is 0. The highest BCUT2D eigenvalue weighted by atomic mass is 14.1. The van der Waals surface area contributed by atoms with Gasteiger partial charge in [0.2, 0.25) is 0 Å². The van der Waals surface area contributed by atoms with E-state index in [0.29, 0.717) is 0 Å². The molecule has 0 aromatic heterocycles. The quantitative estimate of drug-likeness (QED) is 0.426. The van der Waals surface area contributed by atoms with Gasteiger partial charge in [-0.15, -0.1) is 13.2 Å². The largest absolute Gasteiger partial charge is 0.103 e. The van der Waals surface area contributed by atoms with E-state index in [2.05, 4.69) is 86.8 Å². The highest BCUT2D eigenvalue weighted by molar-refractivity contribution is 5.58. The molecule has 0 saturated heterocycles. The van der Waals surface area contributed by atoms with Crippen LogP contribution in [0.15, 0.2) is 42.5 Å². The van der Waals surface area contributed by atoms with Crippen LogP contribution in [0.1, 0.15) is 124 Å². The Morgan fingerprint density at radius 1 is 0.833 bits per heavy atom. The van der Waals surface area contributed by atoms with Crippen molar-refractivity contribution in [3.8, 4) is 0 Å². The minimum atomic E-state index is 1.11. The number of unbranched alkanes of at least 4 members (excludes halogenated alkanes) is 1. The van der Waals surface area contributed by atoms with Crippen LogP contribution in [0.4, 0.5) is 0 Å². The van der Waals surface area contributed by atoms with Crippen molar-refractivity contribution in [2.45, 2.75) is 123 Å². The Bertz CT molecular complexity index is 513. The van der Waals surface area contributed by atoms with Gasteiger partial charge in [0.15, 0.2) is 0 Å². The lowest BCUT2D eigenvalue weighted by Gasteiger charge is -2.07. The van der Waals surface area contributed by atoms with Crippen LogP contribution in [0.5, 0.6) is 0 Å². The molecule has 0 heterocycles. The molecule has 0 amide bonds. The topological polar surface area (TPSA) is 0 Å². The molecular weight excluding hydrogens is 360 g/mol. The minimum Gasteiger partial charge on any atom is -0.103 e. The van der Waals surface area contributed by atoms with E-state index in [9.17, 15) is 0 Å². The second-order valence-electron chi connectivity index (χ2n) is 6.86. The molecule has 30 heavy (non-hydrogen) atoms. The van der Waals surface area contributed by atoms with E-state index in [4.69, 9.17) is 0 Å². The molecule has 0 heteroatoms. The van der Waals surface area contributed by atoms with Gasteiger partial charge < -0.3 is 0 Å². The summed E-state index contributed by atoms with van der Waals surface area (Å²) in [4.78, 5) is 0. The van der Waals surface area contributed by atoms with Gasteiger partial charge in [0.25, 0.3) is 0 Å². The molecular formula is C30H58. The molecule has 0 saturated carbocycles. The standard InChI is InChI=1S/C14H20.C5H10.C4H10.C3H6.2C2H6/c1-6-10(2)8-14-9-11(3)7-12(4)13(14)5;1-4-5(2)3;1-3-4-2;1-3-2;2*1-2/h7-9H,6H2,1-5H3;2,4H2,1,3H3;3-4H2,1-2H3;3H,1H2,2H3;2*1-2H3/b10-8+;;;;;. The molecule has 178 valence electrons. The first-order valence-electron chi connectivity index (χ1n) is 12.1. The molecule has 0 bridgehead atoms. The summed E-state index contributed by atoms with van der Waals surface area (Å²) in [5, 5.41) is 0. The fourth-order valence-electron chi connectivity index (χ4n) is 1.59. The Labute approximate surface area is 193 Å². The lowest BCUT2D eigenvalue weighted by Crippen LogP contribution is -1.89. The fraction of sp³-hybridized carbons (Fsp3) is 0.600. The first-order valence-corrected chi connectivity index (χ1v) is 12.1. The van der Waals surface area contributed by atoms with Crippen molar-refractivity contribution in [3.05, 3.63) is 64.8 Å². The Balaban J connectivity index is -0.000000108. The van der Waals surface area contributed by atoms with Crippen molar-refractivity contribution in [1.29, 1.82) is 0 Å². The third-order valence-corrected chi connectivity index (χ3v) is 3.92. The maximum Gasteiger partial charge on any atom is -0.0223 e. The first kappa shape index (κ1) is 39.0. The summed E-state index contributed by atoms with van der Waals surface area (Å²) in [6.45, 7) is 36.3. The average molecular weight is 419 g/mol. The summed E-state index contributed by atoms with van der Waals surface area (Å²) in [5.74, 6) is 0. The van der Waals surface area contributed by atoms with E-state index in [-0.39, 0.29) is 0 Å². The average Bonchev–Trinajstić information content (AvgIpc) is 2.75. The molecule has 0 fully saturated rings. The van der Waals surface area contributed by atoms with Crippen LogP contribution in [0, 0.1) is 20.8 Å². The summed E-state index contributed by atoms with van der Waals surface area (Å²) in [5.41, 5.74) is 8.22. The molecule has 0 nitrogen and oxygen atoms in total. The van der Waals surface area contributed by atoms with Crippen LogP contribution >= 0.6 is 0 Å². The van der Waals surface area contributed by atoms with E-state index < -0.39 is 0 Å². The summed E-state index contributed by atoms with van der Waals surface area (Å²) >= 11 is 0. The molecule has 0 aliphatic carbocycles. The van der Waals surface area contributed by atoms with E-state index >= 15 is 0 Å². The van der Waals surface area contributed by atoms with E-state index in [0.717, 1.165) is 12.8 Å². The smallest absolute Gasteiger partial charge is 0.0223 e. The number of rotatable bonds is 4. The monoisotopic (exact) mass is 418 g/mol. The maximum atomic E-state index is 3.67. The molecule has 0 aliphatic heterocycles. The zero-order chi connectivity index (χ0) is 25.1. The van der Waals surface area contributed by atoms with Gasteiger partial charge >= 0.3 is 0 Å². The Hall–Kier alpha value is -1.56. The summed E-state index contributed by atoms with van der Waals surface area (Å²) < 4.78 is 0. The van der Waals surface area contributed by atoms with Crippen LogP contribution in [0.3, 0.4) is 0 Å². The molecule has 1 aromatic carbocycles. The van der Waals surface area contributed by atoms with Gasteiger partial charge in [-0.3, -0.25) is 0 Å². The summed E-state index contributed by atoms with van der Waals surface area (Å²) in [6, 6.07) is 4.51. The van der Waals surface area contributed by atoms with Gasteiger partial charge in [-0.25, -0.2) is 0 Å². The van der Waals surface area contributed by atoms with E-state index in [1.54, 1.807) is 6.08 Å². The molecule has 0 aliphatic rings. The molecule has 0 spiro atoms. The lowest BCUT2D eigenvalue weighted by atomic mass is 9.98. The van der Waals surface area contributed by atoms with Crippen molar-refractivity contribution in [2.24, 2.45) is 0 Å². The zero-order valence-corrected chi connectivity index (χ0v) is 23.6. The second kappa shape index (κ2) is 32.1. The molecule has 1 rings (SSSR count). The molecule has 0 N–H and O–H groups in total. The Morgan fingerprint density at radius 2 is 1.20 bits per heavy atom. The first-order chi connectivity index (χ1) is 14.1. The van der Waals surface area contributed by atoms with Crippen molar-refractivity contribution >= 4 is 6.08 Å². The Kier molecular flexibility index (Phi) is 41.7. The van der Waals surface area contributed by atoms with Crippen molar-refractivity contribution < 1.29 is 0 Å². The zero-order valence-electron chi connectivity index (χ0n) is 23.6. The predicted molar refractivity (Wildman–Crippen MR) is 149 cm³/mol. The molecule has 0 atom stereocenters. The van der Waals surface area contributed by atoms with Crippen LogP contribution in [0.25, 0.3) is 6.08 Å². The fourth-order valence-corrected chi connectivity index (χ4v) is 1.59. The van der Waals surface area contributed by atoms with Gasteiger partial charge in [-0.1, -0.05) is 109 Å². The Morgan fingerprint density at radius 3 is 1.47 bits per heavy atom. The van der Waals surface area contributed by atoms with E-state index in [1.165, 1.54) is 46.2 Å².